The topological polar surface area (TPSA) is 12.0 Å². The van der Waals surface area contributed by atoms with Crippen LogP contribution in [0.2, 0.25) is 0 Å². The monoisotopic (exact) mass is 243 g/mol. The zero-order valence-corrected chi connectivity index (χ0v) is 11.5. The third kappa shape index (κ3) is 4.66. The van der Waals surface area contributed by atoms with Crippen molar-refractivity contribution in [3.63, 3.8) is 0 Å². The first-order valence-electron chi connectivity index (χ1n) is 7.18. The predicted molar refractivity (Wildman–Crippen MR) is 78.9 cm³/mol. The third-order valence-electron chi connectivity index (χ3n) is 3.66. The Hall–Kier alpha value is -1.08. The first kappa shape index (κ1) is 13.4. The molecule has 1 saturated carbocycles. The lowest BCUT2D eigenvalue weighted by molar-refractivity contribution is 0.530. The van der Waals surface area contributed by atoms with E-state index < -0.39 is 0 Å². The molecule has 1 unspecified atom stereocenters. The molecular formula is C17H25N. The highest BCUT2D eigenvalue weighted by molar-refractivity contribution is 5.20. The molecule has 18 heavy (non-hydrogen) atoms. The van der Waals surface area contributed by atoms with E-state index in [1.807, 2.05) is 0 Å². The van der Waals surface area contributed by atoms with Gasteiger partial charge in [0.15, 0.2) is 0 Å². The molecule has 1 aliphatic carbocycles. The summed E-state index contributed by atoms with van der Waals surface area (Å²) in [6, 6.07) is 11.7. The molecule has 0 aliphatic heterocycles. The van der Waals surface area contributed by atoms with E-state index in [2.05, 4.69) is 49.2 Å². The normalized spacial score (nSPS) is 16.5. The van der Waals surface area contributed by atoms with Crippen molar-refractivity contribution in [3.05, 3.63) is 48.0 Å². The Morgan fingerprint density at radius 1 is 1.33 bits per heavy atom. The summed E-state index contributed by atoms with van der Waals surface area (Å²) in [4.78, 5) is 0. The summed E-state index contributed by atoms with van der Waals surface area (Å²) >= 11 is 0. The molecule has 0 heterocycles. The Labute approximate surface area is 111 Å². The van der Waals surface area contributed by atoms with Crippen molar-refractivity contribution in [2.75, 3.05) is 6.54 Å². The molecule has 0 spiro atoms. The molecule has 1 atom stereocenters. The molecule has 1 aromatic rings. The molecular weight excluding hydrogens is 218 g/mol. The van der Waals surface area contributed by atoms with Gasteiger partial charge < -0.3 is 5.32 Å². The van der Waals surface area contributed by atoms with Gasteiger partial charge in [-0.3, -0.25) is 0 Å². The smallest absolute Gasteiger partial charge is 0.00684 e. The van der Waals surface area contributed by atoms with Crippen molar-refractivity contribution in [3.8, 4) is 0 Å². The third-order valence-corrected chi connectivity index (χ3v) is 3.66. The molecule has 0 aromatic heterocycles. The van der Waals surface area contributed by atoms with E-state index in [9.17, 15) is 0 Å². The number of hydrogen-bond donors (Lipinski definition) is 1. The SMILES string of the molecule is C=C(C)CCCC(CNC1CC1)c1ccccc1. The second-order valence-corrected chi connectivity index (χ2v) is 5.64. The maximum atomic E-state index is 3.99. The van der Waals surface area contributed by atoms with Gasteiger partial charge in [-0.15, -0.1) is 6.58 Å². The number of benzene rings is 1. The summed E-state index contributed by atoms with van der Waals surface area (Å²) in [6.45, 7) is 7.25. The molecule has 1 fully saturated rings. The lowest BCUT2D eigenvalue weighted by atomic mass is 9.92. The number of hydrogen-bond acceptors (Lipinski definition) is 1. The zero-order chi connectivity index (χ0) is 12.8. The predicted octanol–water partition coefficient (Wildman–Crippen LogP) is 4.27. The molecule has 0 radical (unpaired) electrons. The first-order chi connectivity index (χ1) is 8.75. The fourth-order valence-corrected chi connectivity index (χ4v) is 2.36. The van der Waals surface area contributed by atoms with Crippen LogP contribution in [0.25, 0.3) is 0 Å². The molecule has 98 valence electrons. The van der Waals surface area contributed by atoms with Crippen LogP contribution in [0.1, 0.15) is 50.5 Å². The van der Waals surface area contributed by atoms with Crippen LogP contribution in [-0.4, -0.2) is 12.6 Å². The number of rotatable bonds is 8. The van der Waals surface area contributed by atoms with Crippen LogP contribution < -0.4 is 5.32 Å². The maximum Gasteiger partial charge on any atom is 0.00684 e. The first-order valence-corrected chi connectivity index (χ1v) is 7.18. The van der Waals surface area contributed by atoms with Gasteiger partial charge in [-0.2, -0.15) is 0 Å². The fraction of sp³-hybridized carbons (Fsp3) is 0.529. The lowest BCUT2D eigenvalue weighted by Crippen LogP contribution is -2.23. The van der Waals surface area contributed by atoms with Gasteiger partial charge in [-0.1, -0.05) is 35.9 Å². The van der Waals surface area contributed by atoms with Crippen LogP contribution in [0, 0.1) is 0 Å². The Morgan fingerprint density at radius 2 is 2.06 bits per heavy atom. The molecule has 1 nitrogen and oxygen atoms in total. The Balaban J connectivity index is 1.86. The minimum Gasteiger partial charge on any atom is -0.313 e. The minimum absolute atomic E-state index is 0.658. The summed E-state index contributed by atoms with van der Waals surface area (Å²) in [5, 5.41) is 3.67. The minimum atomic E-state index is 0.658. The average Bonchev–Trinajstić information content (AvgIpc) is 3.18. The van der Waals surface area contributed by atoms with E-state index in [0.717, 1.165) is 19.0 Å². The second-order valence-electron chi connectivity index (χ2n) is 5.64. The van der Waals surface area contributed by atoms with Crippen molar-refractivity contribution in [1.29, 1.82) is 0 Å². The van der Waals surface area contributed by atoms with E-state index in [4.69, 9.17) is 0 Å². The molecule has 1 heteroatoms. The highest BCUT2D eigenvalue weighted by atomic mass is 14.9. The molecule has 1 aliphatic rings. The lowest BCUT2D eigenvalue weighted by Gasteiger charge is -2.18. The molecule has 1 aromatic carbocycles. The van der Waals surface area contributed by atoms with Gasteiger partial charge in [-0.05, 0) is 50.5 Å². The van der Waals surface area contributed by atoms with Crippen LogP contribution in [0.4, 0.5) is 0 Å². The average molecular weight is 243 g/mol. The van der Waals surface area contributed by atoms with Crippen LogP contribution in [0.5, 0.6) is 0 Å². The van der Waals surface area contributed by atoms with E-state index in [-0.39, 0.29) is 0 Å². The Kier molecular flexibility index (Phi) is 5.00. The van der Waals surface area contributed by atoms with E-state index in [1.54, 1.807) is 0 Å². The zero-order valence-electron chi connectivity index (χ0n) is 11.5. The van der Waals surface area contributed by atoms with Gasteiger partial charge in [0.2, 0.25) is 0 Å². The summed E-state index contributed by atoms with van der Waals surface area (Å²) in [5.41, 5.74) is 2.78. The van der Waals surface area contributed by atoms with E-state index in [1.165, 1.54) is 36.8 Å². The largest absolute Gasteiger partial charge is 0.313 e. The van der Waals surface area contributed by atoms with Crippen LogP contribution in [-0.2, 0) is 0 Å². The highest BCUT2D eigenvalue weighted by Gasteiger charge is 2.22. The van der Waals surface area contributed by atoms with Gasteiger partial charge >= 0.3 is 0 Å². The van der Waals surface area contributed by atoms with Crippen molar-refractivity contribution in [1.82, 2.24) is 5.32 Å². The van der Waals surface area contributed by atoms with E-state index in [0.29, 0.717) is 5.92 Å². The van der Waals surface area contributed by atoms with Crippen LogP contribution in [0.15, 0.2) is 42.5 Å². The Morgan fingerprint density at radius 3 is 2.67 bits per heavy atom. The second kappa shape index (κ2) is 6.75. The fourth-order valence-electron chi connectivity index (χ4n) is 2.36. The number of nitrogens with one attached hydrogen (secondary N) is 1. The Bertz CT molecular complexity index is 364. The van der Waals surface area contributed by atoms with Gasteiger partial charge in [0.1, 0.15) is 0 Å². The van der Waals surface area contributed by atoms with Gasteiger partial charge in [-0.25, -0.2) is 0 Å². The van der Waals surface area contributed by atoms with Crippen molar-refractivity contribution >= 4 is 0 Å². The quantitative estimate of drug-likeness (QED) is 0.672. The highest BCUT2D eigenvalue weighted by Crippen LogP contribution is 2.25. The van der Waals surface area contributed by atoms with Gasteiger partial charge in [0.25, 0.3) is 0 Å². The summed E-state index contributed by atoms with van der Waals surface area (Å²) in [6.07, 6.45) is 6.41. The van der Waals surface area contributed by atoms with Gasteiger partial charge in [0.05, 0.1) is 0 Å². The molecule has 2 rings (SSSR count). The summed E-state index contributed by atoms with van der Waals surface area (Å²) in [5.74, 6) is 0.658. The summed E-state index contributed by atoms with van der Waals surface area (Å²) < 4.78 is 0. The van der Waals surface area contributed by atoms with Crippen LogP contribution in [0.3, 0.4) is 0 Å². The standard InChI is InChI=1S/C17H25N/c1-14(2)7-6-10-16(13-18-17-11-12-17)15-8-4-3-5-9-15/h3-5,8-9,16-18H,1,6-7,10-13H2,2H3. The van der Waals surface area contributed by atoms with E-state index >= 15 is 0 Å². The van der Waals surface area contributed by atoms with Crippen molar-refractivity contribution in [2.45, 2.75) is 51.0 Å². The summed E-state index contributed by atoms with van der Waals surface area (Å²) in [7, 11) is 0. The van der Waals surface area contributed by atoms with Crippen molar-refractivity contribution in [2.24, 2.45) is 0 Å². The molecule has 0 saturated heterocycles. The van der Waals surface area contributed by atoms with Crippen LogP contribution >= 0.6 is 0 Å². The van der Waals surface area contributed by atoms with Gasteiger partial charge in [0, 0.05) is 12.6 Å². The van der Waals surface area contributed by atoms with Crippen molar-refractivity contribution < 1.29 is 0 Å². The molecule has 0 amide bonds. The molecule has 1 N–H and O–H groups in total. The number of allylic oxidation sites excluding steroid dienone is 1. The maximum absolute atomic E-state index is 3.99. The molecule has 0 bridgehead atoms.